The largest absolute Gasteiger partial charge is 0.361 e. The zero-order valence-electron chi connectivity index (χ0n) is 14.8. The molecule has 0 atom stereocenters. The number of halogens is 1. The molecular weight excluding hydrogens is 339 g/mol. The van der Waals surface area contributed by atoms with Gasteiger partial charge in [0.1, 0.15) is 5.82 Å². The second kappa shape index (κ2) is 6.59. The first-order chi connectivity index (χ1) is 13.3. The lowest BCUT2D eigenvalue weighted by Gasteiger charge is -2.27. The van der Waals surface area contributed by atoms with Crippen LogP contribution in [0.2, 0.25) is 0 Å². The van der Waals surface area contributed by atoms with Gasteiger partial charge in [-0.2, -0.15) is 0 Å². The highest BCUT2D eigenvalue weighted by atomic mass is 19.1. The Balaban J connectivity index is 1.40. The molecule has 2 aromatic heterocycles. The van der Waals surface area contributed by atoms with Gasteiger partial charge in [0.2, 0.25) is 0 Å². The smallest absolute Gasteiger partial charge is 0.159 e. The van der Waals surface area contributed by atoms with Crippen molar-refractivity contribution in [2.24, 2.45) is 0 Å². The van der Waals surface area contributed by atoms with E-state index in [1.165, 1.54) is 17.2 Å². The van der Waals surface area contributed by atoms with Crippen molar-refractivity contribution >= 4 is 10.9 Å². The molecule has 5 heteroatoms. The van der Waals surface area contributed by atoms with E-state index in [0.717, 1.165) is 54.0 Å². The van der Waals surface area contributed by atoms with Crippen LogP contribution < -0.4 is 0 Å². The Morgan fingerprint density at radius 2 is 2.00 bits per heavy atom. The number of rotatable bonds is 3. The molecule has 5 rings (SSSR count). The van der Waals surface area contributed by atoms with E-state index in [9.17, 15) is 4.39 Å². The van der Waals surface area contributed by atoms with Crippen LogP contribution in [-0.4, -0.2) is 26.4 Å². The summed E-state index contributed by atoms with van der Waals surface area (Å²) in [7, 11) is 0. The molecule has 4 nitrogen and oxygen atoms in total. The van der Waals surface area contributed by atoms with E-state index in [1.54, 1.807) is 6.07 Å². The number of aromatic amines is 1. The van der Waals surface area contributed by atoms with Gasteiger partial charge in [0.05, 0.1) is 5.69 Å². The number of nitrogens with one attached hydrogen (secondary N) is 1. The van der Waals surface area contributed by atoms with Crippen molar-refractivity contribution < 1.29 is 4.39 Å². The summed E-state index contributed by atoms with van der Waals surface area (Å²) in [5.41, 5.74) is 5.39. The van der Waals surface area contributed by atoms with Crippen LogP contribution in [0.1, 0.15) is 16.8 Å². The minimum absolute atomic E-state index is 0.215. The van der Waals surface area contributed by atoms with Crippen LogP contribution in [0.5, 0.6) is 0 Å². The highest BCUT2D eigenvalue weighted by Gasteiger charge is 2.20. The van der Waals surface area contributed by atoms with Gasteiger partial charge in [-0.3, -0.25) is 4.90 Å². The van der Waals surface area contributed by atoms with Crippen LogP contribution in [0.15, 0.2) is 60.9 Å². The summed E-state index contributed by atoms with van der Waals surface area (Å²) in [6, 6.07) is 15.0. The van der Waals surface area contributed by atoms with Gasteiger partial charge >= 0.3 is 0 Å². The van der Waals surface area contributed by atoms with Crippen molar-refractivity contribution in [2.45, 2.75) is 19.5 Å². The Bertz CT molecular complexity index is 1100. The van der Waals surface area contributed by atoms with Gasteiger partial charge in [0.15, 0.2) is 5.82 Å². The average molecular weight is 358 g/mol. The quantitative estimate of drug-likeness (QED) is 0.593. The molecule has 4 aromatic rings. The van der Waals surface area contributed by atoms with Crippen LogP contribution in [0.3, 0.4) is 0 Å². The molecule has 134 valence electrons. The number of aromatic nitrogens is 3. The van der Waals surface area contributed by atoms with Crippen molar-refractivity contribution in [2.75, 3.05) is 6.54 Å². The van der Waals surface area contributed by atoms with Gasteiger partial charge in [-0.25, -0.2) is 14.4 Å². The molecule has 0 fully saturated rings. The normalized spacial score (nSPS) is 14.4. The molecule has 2 aromatic carbocycles. The minimum atomic E-state index is -0.215. The third-order valence-electron chi connectivity index (χ3n) is 5.18. The van der Waals surface area contributed by atoms with Crippen molar-refractivity contribution in [3.63, 3.8) is 0 Å². The molecule has 0 spiro atoms. The average Bonchev–Trinajstić information content (AvgIpc) is 3.10. The maximum Gasteiger partial charge on any atom is 0.159 e. The second-order valence-corrected chi connectivity index (χ2v) is 7.00. The highest BCUT2D eigenvalue weighted by molar-refractivity contribution is 5.83. The van der Waals surface area contributed by atoms with Crippen molar-refractivity contribution in [1.29, 1.82) is 0 Å². The van der Waals surface area contributed by atoms with E-state index < -0.39 is 0 Å². The van der Waals surface area contributed by atoms with Gasteiger partial charge in [-0.1, -0.05) is 30.3 Å². The van der Waals surface area contributed by atoms with E-state index in [1.807, 2.05) is 48.8 Å². The molecule has 0 saturated carbocycles. The lowest BCUT2D eigenvalue weighted by Crippen LogP contribution is -2.31. The third kappa shape index (κ3) is 3.11. The molecule has 1 N–H and O–H groups in total. The Morgan fingerprint density at radius 1 is 1.11 bits per heavy atom. The SMILES string of the molecule is Fc1ccc2c(CN3CCc4cnc(-c5ccccc5)nc4C3)c[nH]c2c1. The summed E-state index contributed by atoms with van der Waals surface area (Å²) >= 11 is 0. The molecule has 0 saturated heterocycles. The Hall–Kier alpha value is -3.05. The van der Waals surface area contributed by atoms with Crippen LogP contribution in [0.25, 0.3) is 22.3 Å². The van der Waals surface area contributed by atoms with Crippen LogP contribution in [0, 0.1) is 5.82 Å². The predicted octanol–water partition coefficient (Wildman–Crippen LogP) is 4.32. The minimum Gasteiger partial charge on any atom is -0.361 e. The monoisotopic (exact) mass is 358 g/mol. The van der Waals surface area contributed by atoms with Crippen molar-refractivity contribution in [1.82, 2.24) is 19.9 Å². The zero-order chi connectivity index (χ0) is 18.2. The van der Waals surface area contributed by atoms with Gasteiger partial charge in [0.25, 0.3) is 0 Å². The van der Waals surface area contributed by atoms with Gasteiger partial charge in [-0.15, -0.1) is 0 Å². The van der Waals surface area contributed by atoms with Crippen LogP contribution >= 0.6 is 0 Å². The fourth-order valence-electron chi connectivity index (χ4n) is 3.75. The molecule has 1 aliphatic heterocycles. The summed E-state index contributed by atoms with van der Waals surface area (Å²) in [5.74, 6) is 0.562. The third-order valence-corrected chi connectivity index (χ3v) is 5.18. The van der Waals surface area contributed by atoms with Gasteiger partial charge in [-0.05, 0) is 35.7 Å². The lowest BCUT2D eigenvalue weighted by atomic mass is 10.1. The molecule has 0 aliphatic carbocycles. The first-order valence-electron chi connectivity index (χ1n) is 9.14. The number of nitrogens with zero attached hydrogens (tertiary/aromatic N) is 3. The summed E-state index contributed by atoms with van der Waals surface area (Å²) in [5, 5.41) is 1.08. The van der Waals surface area contributed by atoms with E-state index in [2.05, 4.69) is 14.9 Å². The summed E-state index contributed by atoms with van der Waals surface area (Å²) in [6.45, 7) is 2.58. The van der Waals surface area contributed by atoms with E-state index in [0.29, 0.717) is 0 Å². The highest BCUT2D eigenvalue weighted by Crippen LogP contribution is 2.25. The standard InChI is InChI=1S/C22H19FN4/c23-18-6-7-19-17(12-24-20(19)10-18)13-27-9-8-16-11-25-22(26-21(16)14-27)15-4-2-1-3-5-15/h1-7,10-12,24H,8-9,13-14H2. The molecule has 0 unspecified atom stereocenters. The van der Waals surface area contributed by atoms with E-state index >= 15 is 0 Å². The first kappa shape index (κ1) is 16.1. The maximum absolute atomic E-state index is 13.4. The summed E-state index contributed by atoms with van der Waals surface area (Å²) < 4.78 is 13.4. The van der Waals surface area contributed by atoms with Crippen molar-refractivity contribution in [3.8, 4) is 11.4 Å². The summed E-state index contributed by atoms with van der Waals surface area (Å²) in [6.07, 6.45) is 4.90. The maximum atomic E-state index is 13.4. The topological polar surface area (TPSA) is 44.8 Å². The molecule has 3 heterocycles. The molecule has 0 radical (unpaired) electrons. The number of fused-ring (bicyclic) bond motifs is 2. The predicted molar refractivity (Wildman–Crippen MR) is 104 cm³/mol. The number of H-pyrrole nitrogens is 1. The van der Waals surface area contributed by atoms with Gasteiger partial charge < -0.3 is 4.98 Å². The van der Waals surface area contributed by atoms with Crippen molar-refractivity contribution in [3.05, 3.63) is 83.6 Å². The molecule has 27 heavy (non-hydrogen) atoms. The molecule has 0 amide bonds. The Labute approximate surface area is 156 Å². The lowest BCUT2D eigenvalue weighted by molar-refractivity contribution is 0.242. The molecule has 0 bridgehead atoms. The van der Waals surface area contributed by atoms with Crippen LogP contribution in [0.4, 0.5) is 4.39 Å². The second-order valence-electron chi connectivity index (χ2n) is 7.00. The number of hydrogen-bond acceptors (Lipinski definition) is 3. The van der Waals surface area contributed by atoms with Gasteiger partial charge in [0, 0.05) is 48.5 Å². The molecule has 1 aliphatic rings. The number of hydrogen-bond donors (Lipinski definition) is 1. The zero-order valence-corrected chi connectivity index (χ0v) is 14.8. The fourth-order valence-corrected chi connectivity index (χ4v) is 3.75. The molecular formula is C22H19FN4. The number of benzene rings is 2. The van der Waals surface area contributed by atoms with E-state index in [-0.39, 0.29) is 5.82 Å². The Morgan fingerprint density at radius 3 is 2.89 bits per heavy atom. The Kier molecular flexibility index (Phi) is 3.94. The van der Waals surface area contributed by atoms with E-state index in [4.69, 9.17) is 4.98 Å². The van der Waals surface area contributed by atoms with Crippen LogP contribution in [-0.2, 0) is 19.5 Å². The first-order valence-corrected chi connectivity index (χ1v) is 9.14. The fraction of sp³-hybridized carbons (Fsp3) is 0.182. The summed E-state index contributed by atoms with van der Waals surface area (Å²) in [4.78, 5) is 14.9.